The molecule has 43 heavy (non-hydrogen) atoms. The fourth-order valence-electron chi connectivity index (χ4n) is 4.43. The number of carbonyl (C=O) groups excluding carboxylic acids is 1. The molecule has 0 heterocycles. The number of aliphatic hydroxyl groups is 1. The molecule has 2 aliphatic carbocycles. The quantitative estimate of drug-likeness (QED) is 0.0882. The first kappa shape index (κ1) is 59.8. The average Bonchev–Trinajstić information content (AvgIpc) is 2.89. The van der Waals surface area contributed by atoms with Crippen LogP contribution in [0.3, 0.4) is 0 Å². The largest absolute Gasteiger partial charge is 1.00 e. The number of aliphatic hydroxyl groups excluding tert-OH is 1. The molecule has 2 radical (unpaired) electrons. The predicted octanol–water partition coefficient (Wildman–Crippen LogP) is 5.82. The van der Waals surface area contributed by atoms with Crippen LogP contribution in [0.1, 0.15) is 102 Å². The van der Waals surface area contributed by atoms with Gasteiger partial charge in [0.1, 0.15) is 0 Å². The van der Waals surface area contributed by atoms with Crippen molar-refractivity contribution in [2.45, 2.75) is 101 Å². The van der Waals surface area contributed by atoms with Crippen LogP contribution >= 0.6 is 22.6 Å². The minimum absolute atomic E-state index is 0. The van der Waals surface area contributed by atoms with E-state index in [2.05, 4.69) is 70.4 Å². The van der Waals surface area contributed by atoms with Crippen LogP contribution in [-0.2, 0) is 51.4 Å². The molecule has 0 unspecified atom stereocenters. The molecule has 0 aromatic heterocycles. The van der Waals surface area contributed by atoms with E-state index in [0.717, 1.165) is 32.5 Å². The molecule has 2 rings (SSSR count). The minimum Gasteiger partial charge on any atom is -1.00 e. The normalized spacial score (nSPS) is 21.6. The van der Waals surface area contributed by atoms with Gasteiger partial charge in [0.2, 0.25) is 0 Å². The molecule has 2 saturated carbocycles. The summed E-state index contributed by atoms with van der Waals surface area (Å²) in [5.74, 6) is 2.14. The van der Waals surface area contributed by atoms with Gasteiger partial charge in [0.25, 0.3) is 0 Å². The van der Waals surface area contributed by atoms with Crippen molar-refractivity contribution in [1.29, 1.82) is 0 Å². The van der Waals surface area contributed by atoms with Crippen LogP contribution in [0.4, 0.5) is 0 Å². The van der Waals surface area contributed by atoms with E-state index in [1.807, 2.05) is 38.2 Å². The molecule has 9 heteroatoms. The van der Waals surface area contributed by atoms with Crippen LogP contribution in [0.25, 0.3) is 0 Å². The second kappa shape index (κ2) is 41.4. The zero-order chi connectivity index (χ0) is 30.8. The van der Waals surface area contributed by atoms with Crippen molar-refractivity contribution >= 4 is 45.9 Å². The Morgan fingerprint density at radius 2 is 1.33 bits per heavy atom. The first-order valence-corrected chi connectivity index (χ1v) is 15.9. The molecule has 0 spiro atoms. The van der Waals surface area contributed by atoms with Gasteiger partial charge < -0.3 is 45.5 Å². The molecule has 4 atom stereocenters. The van der Waals surface area contributed by atoms with Gasteiger partial charge in [0.15, 0.2) is 17.4 Å². The molecule has 0 bridgehead atoms. The SMILES string of the molecule is C=C(C)[C@@H]1CC[C@@H](C)/C(=C/C(=O)OCC)C1.C=C(C)[C@@H]1CC[C@@H](C)/C(=C/CO)C1.CCOCC.C[CH-]I.[AlH3].[CH2-]C.[H-].[Li+].[V].[V]. The second-order valence-corrected chi connectivity index (χ2v) is 11.1. The van der Waals surface area contributed by atoms with Crippen molar-refractivity contribution < 1.29 is 76.8 Å². The Bertz CT molecular complexity index is 725. The molecular weight excluding hydrogens is 735 g/mol. The number of esters is 1. The van der Waals surface area contributed by atoms with Gasteiger partial charge in [-0.05, 0) is 96.8 Å². The van der Waals surface area contributed by atoms with Gasteiger partial charge in [-0.15, -0.1) is 0 Å². The van der Waals surface area contributed by atoms with Crippen molar-refractivity contribution in [3.63, 3.8) is 0 Å². The summed E-state index contributed by atoms with van der Waals surface area (Å²) >= 11 is 2.16. The fraction of sp³-hybridized carbons (Fsp3) is 0.676. The third kappa shape index (κ3) is 33.1. The molecule has 0 aromatic rings. The van der Waals surface area contributed by atoms with E-state index < -0.39 is 0 Å². The maximum Gasteiger partial charge on any atom is 1.00 e. The minimum atomic E-state index is -0.202. The van der Waals surface area contributed by atoms with E-state index >= 15 is 0 Å². The van der Waals surface area contributed by atoms with Gasteiger partial charge in [0.05, 0.1) is 13.2 Å². The number of ether oxygens (including phenoxy) is 2. The van der Waals surface area contributed by atoms with E-state index in [1.165, 1.54) is 41.6 Å². The summed E-state index contributed by atoms with van der Waals surface area (Å²) in [6.07, 6.45) is 10.6. The summed E-state index contributed by atoms with van der Waals surface area (Å²) in [5.41, 5.74) is 5.15. The third-order valence-corrected chi connectivity index (χ3v) is 6.87. The first-order valence-electron chi connectivity index (χ1n) is 14.7. The summed E-state index contributed by atoms with van der Waals surface area (Å²) in [5, 5.41) is 8.86. The molecule has 4 nitrogen and oxygen atoms in total. The van der Waals surface area contributed by atoms with Crippen molar-refractivity contribution in [1.82, 2.24) is 0 Å². The zero-order valence-corrected chi connectivity index (χ0v) is 33.6. The van der Waals surface area contributed by atoms with Gasteiger partial charge in [-0.3, -0.25) is 4.43 Å². The molecule has 0 amide bonds. The standard InChI is InChI=1S/C14H22O2.C12H20O.C4H10O.C2H4I.C2H5.Al.Li.2V.4H/c1-5-16-14(15)9-13-8-12(10(2)3)7-6-11(13)4;1-9(2)11-5-4-10(3)12(8-11)6-7-13;1-3-5-4-2;1-2-3;1-2;;;;;;;;/h9,11-12H,2,5-8H2,1,3-4H3;6,10-11,13H,1,4-5,7-8H2,2-3H3;3-4H2,1-2H3;2H,1H3;1H2,2H3;;;;;;;;/q;;;2*-1;;+1;;;;;;-1/b13-9+;12-6+;;;;;;;;;;;/t11-,12-;10-,11-;;;;;;;;;;;/m11.........../s1. The summed E-state index contributed by atoms with van der Waals surface area (Å²) in [6.45, 7) is 31.7. The van der Waals surface area contributed by atoms with Crippen LogP contribution in [0, 0.1) is 35.0 Å². The molecular formula is C34H65AlILiO4V2-2. The maximum atomic E-state index is 11.4. The Morgan fingerprint density at radius 3 is 1.63 bits per heavy atom. The third-order valence-electron chi connectivity index (χ3n) is 6.87. The monoisotopic (exact) mass is 800 g/mol. The Balaban J connectivity index is -0.0000000700. The van der Waals surface area contributed by atoms with Crippen LogP contribution < -0.4 is 18.9 Å². The molecule has 0 saturated heterocycles. The number of hydrogen-bond donors (Lipinski definition) is 1. The molecule has 0 aliphatic heterocycles. The van der Waals surface area contributed by atoms with E-state index in [0.29, 0.717) is 30.3 Å². The fourth-order valence-corrected chi connectivity index (χ4v) is 4.43. The summed E-state index contributed by atoms with van der Waals surface area (Å²) in [7, 11) is 0. The topological polar surface area (TPSA) is 55.8 Å². The van der Waals surface area contributed by atoms with Gasteiger partial charge in [0, 0.05) is 56.4 Å². The Morgan fingerprint density at radius 1 is 0.953 bits per heavy atom. The Labute approximate surface area is 329 Å². The zero-order valence-electron chi connectivity index (χ0n) is 29.7. The molecule has 2 aliphatic rings. The van der Waals surface area contributed by atoms with Crippen LogP contribution in [-0.4, -0.2) is 54.9 Å². The number of rotatable bonds is 7. The van der Waals surface area contributed by atoms with Gasteiger partial charge in [-0.1, -0.05) is 55.4 Å². The van der Waals surface area contributed by atoms with Gasteiger partial charge in [-0.25, -0.2) is 4.79 Å². The summed E-state index contributed by atoms with van der Waals surface area (Å²) in [4.78, 5) is 11.4. The molecule has 0 aromatic carbocycles. The molecule has 248 valence electrons. The average molecular weight is 801 g/mol. The number of hydrogen-bond acceptors (Lipinski definition) is 4. The maximum absolute atomic E-state index is 11.4. The Kier molecular flexibility index (Phi) is 57.5. The summed E-state index contributed by atoms with van der Waals surface area (Å²) in [6, 6.07) is 0. The molecule has 2 fully saturated rings. The predicted molar refractivity (Wildman–Crippen MR) is 191 cm³/mol. The van der Waals surface area contributed by atoms with E-state index in [4.69, 9.17) is 14.6 Å². The van der Waals surface area contributed by atoms with Crippen LogP contribution in [0.5, 0.6) is 0 Å². The van der Waals surface area contributed by atoms with E-state index in [1.54, 1.807) is 13.0 Å². The second-order valence-electron chi connectivity index (χ2n) is 9.88. The number of halogens is 1. The number of carbonyl (C=O) groups is 1. The van der Waals surface area contributed by atoms with Crippen LogP contribution in [0.2, 0.25) is 0 Å². The summed E-state index contributed by atoms with van der Waals surface area (Å²) < 4.78 is 11.8. The Hall–Kier alpha value is 1.38. The van der Waals surface area contributed by atoms with Crippen molar-refractivity contribution in [2.24, 2.45) is 23.7 Å². The van der Waals surface area contributed by atoms with Gasteiger partial charge >= 0.3 is 24.8 Å². The van der Waals surface area contributed by atoms with E-state index in [9.17, 15) is 4.79 Å². The molecule has 1 N–H and O–H groups in total. The van der Waals surface area contributed by atoms with Gasteiger partial charge in [-0.2, -0.15) is 13.8 Å². The number of allylic oxidation sites excluding steroid dienone is 4. The van der Waals surface area contributed by atoms with Crippen molar-refractivity contribution in [2.75, 3.05) is 26.4 Å². The van der Waals surface area contributed by atoms with E-state index in [-0.39, 0.29) is 87.3 Å². The first-order chi connectivity index (χ1) is 18.5. The van der Waals surface area contributed by atoms with Crippen molar-refractivity contribution in [3.8, 4) is 0 Å². The van der Waals surface area contributed by atoms with Crippen LogP contribution in [0.15, 0.2) is 47.6 Å². The van der Waals surface area contributed by atoms with Crippen molar-refractivity contribution in [3.05, 3.63) is 59.0 Å². The smallest absolute Gasteiger partial charge is 1.00 e.